The van der Waals surface area contributed by atoms with Gasteiger partial charge in [0.05, 0.1) is 0 Å². The van der Waals surface area contributed by atoms with Crippen molar-refractivity contribution in [3.63, 3.8) is 0 Å². The minimum atomic E-state index is 0.752. The summed E-state index contributed by atoms with van der Waals surface area (Å²) in [6.07, 6.45) is 3.80. The Balaban J connectivity index is 1.59. The Hall–Kier alpha value is -2.89. The summed E-state index contributed by atoms with van der Waals surface area (Å²) in [7, 11) is 2.08. The molecule has 0 unspecified atom stereocenters. The number of nitrogens with one attached hydrogen (secondary N) is 1. The number of hydrogen-bond donors (Lipinski definition) is 1. The molecule has 142 valence electrons. The number of fused-ring (bicyclic) bond motifs is 1. The standard InChI is InChI=1S/C21H28N6/c1-4-22-21(26(3)16-18-11-6-5-10-17(18)2)23-14-9-13-20-25-24-19-12-7-8-15-27(19)20/h5-8,10-12,15H,4,9,13-14,16H2,1-3H3,(H,22,23). The molecular weight excluding hydrogens is 336 g/mol. The number of aromatic nitrogens is 3. The SMILES string of the molecule is CCNC(=NCCCc1nnc2ccccn12)N(C)Cc1ccccc1C. The largest absolute Gasteiger partial charge is 0.357 e. The Morgan fingerprint density at radius 3 is 2.78 bits per heavy atom. The fourth-order valence-electron chi connectivity index (χ4n) is 3.07. The molecule has 0 spiro atoms. The van der Waals surface area contributed by atoms with Gasteiger partial charge in [-0.05, 0) is 43.5 Å². The van der Waals surface area contributed by atoms with E-state index in [-0.39, 0.29) is 0 Å². The number of hydrogen-bond acceptors (Lipinski definition) is 3. The summed E-state index contributed by atoms with van der Waals surface area (Å²) in [5.74, 6) is 1.92. The van der Waals surface area contributed by atoms with E-state index >= 15 is 0 Å². The van der Waals surface area contributed by atoms with Crippen LogP contribution >= 0.6 is 0 Å². The van der Waals surface area contributed by atoms with E-state index in [1.807, 2.05) is 28.8 Å². The molecule has 0 fully saturated rings. The first-order valence-electron chi connectivity index (χ1n) is 9.51. The first-order chi connectivity index (χ1) is 13.2. The van der Waals surface area contributed by atoms with Gasteiger partial charge in [-0.2, -0.15) is 0 Å². The highest BCUT2D eigenvalue weighted by atomic mass is 15.3. The van der Waals surface area contributed by atoms with Crippen molar-refractivity contribution in [2.24, 2.45) is 4.99 Å². The van der Waals surface area contributed by atoms with Gasteiger partial charge in [-0.1, -0.05) is 30.3 Å². The fraction of sp³-hybridized carbons (Fsp3) is 0.381. The molecule has 1 N–H and O–H groups in total. The van der Waals surface area contributed by atoms with Gasteiger partial charge in [0.25, 0.3) is 0 Å². The molecule has 6 heteroatoms. The third-order valence-electron chi connectivity index (χ3n) is 4.57. The maximum absolute atomic E-state index is 4.79. The molecule has 0 atom stereocenters. The number of nitrogens with zero attached hydrogens (tertiary/aromatic N) is 5. The van der Waals surface area contributed by atoms with Gasteiger partial charge in [0.1, 0.15) is 5.82 Å². The van der Waals surface area contributed by atoms with E-state index in [0.717, 1.165) is 49.9 Å². The van der Waals surface area contributed by atoms with E-state index in [9.17, 15) is 0 Å². The average molecular weight is 364 g/mol. The number of guanidine groups is 1. The van der Waals surface area contributed by atoms with Gasteiger partial charge in [-0.25, -0.2) is 0 Å². The highest BCUT2D eigenvalue weighted by Gasteiger charge is 2.08. The Kier molecular flexibility index (Phi) is 6.41. The molecule has 2 heterocycles. The summed E-state index contributed by atoms with van der Waals surface area (Å²) in [4.78, 5) is 6.97. The first-order valence-corrected chi connectivity index (χ1v) is 9.51. The highest BCUT2D eigenvalue weighted by Crippen LogP contribution is 2.10. The van der Waals surface area contributed by atoms with Gasteiger partial charge in [0.2, 0.25) is 0 Å². The van der Waals surface area contributed by atoms with Crippen molar-refractivity contribution >= 4 is 11.6 Å². The van der Waals surface area contributed by atoms with Crippen molar-refractivity contribution in [3.8, 4) is 0 Å². The van der Waals surface area contributed by atoms with Gasteiger partial charge in [-0.3, -0.25) is 9.39 Å². The van der Waals surface area contributed by atoms with E-state index in [0.29, 0.717) is 0 Å². The first kappa shape index (κ1) is 18.9. The monoisotopic (exact) mass is 364 g/mol. The molecule has 0 radical (unpaired) electrons. The van der Waals surface area contributed by atoms with Crippen LogP contribution in [-0.4, -0.2) is 45.6 Å². The normalized spacial score (nSPS) is 11.7. The van der Waals surface area contributed by atoms with Crippen molar-refractivity contribution in [3.05, 3.63) is 65.6 Å². The van der Waals surface area contributed by atoms with E-state index in [1.54, 1.807) is 0 Å². The van der Waals surface area contributed by atoms with Crippen molar-refractivity contribution in [1.29, 1.82) is 0 Å². The zero-order valence-electron chi connectivity index (χ0n) is 16.4. The minimum absolute atomic E-state index is 0.752. The topological polar surface area (TPSA) is 57.8 Å². The lowest BCUT2D eigenvalue weighted by Gasteiger charge is -2.23. The molecular formula is C21H28N6. The third-order valence-corrected chi connectivity index (χ3v) is 4.57. The molecule has 0 amide bonds. The minimum Gasteiger partial charge on any atom is -0.357 e. The van der Waals surface area contributed by atoms with Gasteiger partial charge in [0.15, 0.2) is 11.6 Å². The van der Waals surface area contributed by atoms with Gasteiger partial charge < -0.3 is 10.2 Å². The maximum atomic E-state index is 4.79. The summed E-state index contributed by atoms with van der Waals surface area (Å²) in [5.41, 5.74) is 3.52. The molecule has 2 aromatic heterocycles. The summed E-state index contributed by atoms with van der Waals surface area (Å²) in [6.45, 7) is 6.69. The van der Waals surface area contributed by atoms with Crippen LogP contribution in [0.4, 0.5) is 0 Å². The van der Waals surface area contributed by atoms with E-state index in [1.165, 1.54) is 11.1 Å². The number of aryl methyl sites for hydroxylation is 2. The molecule has 0 saturated carbocycles. The second kappa shape index (κ2) is 9.16. The smallest absolute Gasteiger partial charge is 0.193 e. The molecule has 0 aliphatic heterocycles. The lowest BCUT2D eigenvalue weighted by atomic mass is 10.1. The second-order valence-electron chi connectivity index (χ2n) is 6.67. The van der Waals surface area contributed by atoms with Crippen LogP contribution in [-0.2, 0) is 13.0 Å². The number of pyridine rings is 1. The number of aliphatic imine (C=N–C) groups is 1. The zero-order chi connectivity index (χ0) is 19.1. The molecule has 1 aromatic carbocycles. The van der Waals surface area contributed by atoms with Crippen LogP contribution in [0.25, 0.3) is 5.65 Å². The van der Waals surface area contributed by atoms with Crippen LogP contribution in [0.15, 0.2) is 53.7 Å². The number of benzene rings is 1. The Bertz CT molecular complexity index is 898. The third kappa shape index (κ3) is 4.84. The molecule has 0 aliphatic rings. The van der Waals surface area contributed by atoms with Crippen LogP contribution in [0.1, 0.15) is 30.3 Å². The predicted molar refractivity (Wildman–Crippen MR) is 110 cm³/mol. The summed E-state index contributed by atoms with van der Waals surface area (Å²) < 4.78 is 2.04. The molecule has 0 saturated heterocycles. The van der Waals surface area contributed by atoms with Crippen molar-refractivity contribution in [1.82, 2.24) is 24.8 Å². The van der Waals surface area contributed by atoms with E-state index in [2.05, 4.69) is 65.6 Å². The lowest BCUT2D eigenvalue weighted by molar-refractivity contribution is 0.475. The highest BCUT2D eigenvalue weighted by molar-refractivity contribution is 5.79. The Labute approximate surface area is 161 Å². The number of rotatable bonds is 7. The van der Waals surface area contributed by atoms with Crippen LogP contribution in [0.3, 0.4) is 0 Å². The van der Waals surface area contributed by atoms with Crippen LogP contribution in [0.2, 0.25) is 0 Å². The molecule has 0 bridgehead atoms. The van der Waals surface area contributed by atoms with Gasteiger partial charge in [0, 0.05) is 39.3 Å². The Morgan fingerprint density at radius 1 is 1.15 bits per heavy atom. The molecule has 3 aromatic rings. The summed E-state index contributed by atoms with van der Waals surface area (Å²) in [5, 5.41) is 11.9. The summed E-state index contributed by atoms with van der Waals surface area (Å²) >= 11 is 0. The molecule has 3 rings (SSSR count). The predicted octanol–water partition coefficient (Wildman–Crippen LogP) is 3.07. The van der Waals surface area contributed by atoms with Crippen molar-refractivity contribution in [2.75, 3.05) is 20.1 Å². The second-order valence-corrected chi connectivity index (χ2v) is 6.67. The Morgan fingerprint density at radius 2 is 1.96 bits per heavy atom. The fourth-order valence-corrected chi connectivity index (χ4v) is 3.07. The van der Waals surface area contributed by atoms with Crippen LogP contribution < -0.4 is 5.32 Å². The molecule has 27 heavy (non-hydrogen) atoms. The average Bonchev–Trinajstić information content (AvgIpc) is 3.09. The zero-order valence-corrected chi connectivity index (χ0v) is 16.4. The summed E-state index contributed by atoms with van der Waals surface area (Å²) in [6, 6.07) is 14.4. The van der Waals surface area contributed by atoms with Crippen molar-refractivity contribution < 1.29 is 0 Å². The maximum Gasteiger partial charge on any atom is 0.193 e. The molecule has 0 aliphatic carbocycles. The van der Waals surface area contributed by atoms with Gasteiger partial charge in [-0.15, -0.1) is 10.2 Å². The van der Waals surface area contributed by atoms with E-state index < -0.39 is 0 Å². The van der Waals surface area contributed by atoms with Gasteiger partial charge >= 0.3 is 0 Å². The van der Waals surface area contributed by atoms with Crippen LogP contribution in [0, 0.1) is 6.92 Å². The quantitative estimate of drug-likeness (QED) is 0.398. The van der Waals surface area contributed by atoms with Crippen molar-refractivity contribution in [2.45, 2.75) is 33.2 Å². The lowest BCUT2D eigenvalue weighted by Crippen LogP contribution is -2.38. The molecule has 6 nitrogen and oxygen atoms in total. The van der Waals surface area contributed by atoms with E-state index in [4.69, 9.17) is 4.99 Å². The van der Waals surface area contributed by atoms with Crippen LogP contribution in [0.5, 0.6) is 0 Å².